The molecule has 0 spiro atoms. The Kier molecular flexibility index (Phi) is 7.62. The topological polar surface area (TPSA) is 69.9 Å². The fourth-order valence-electron chi connectivity index (χ4n) is 4.39. The number of hydrogen-bond donors (Lipinski definition) is 0. The molecule has 0 saturated heterocycles. The number of methoxy groups -OCH3 is 1. The van der Waals surface area contributed by atoms with Crippen molar-refractivity contribution < 1.29 is 14.3 Å². The summed E-state index contributed by atoms with van der Waals surface area (Å²) in [4.78, 5) is 33.9. The lowest BCUT2D eigenvalue weighted by Gasteiger charge is -2.26. The number of esters is 1. The van der Waals surface area contributed by atoms with Crippen LogP contribution >= 0.6 is 23.1 Å². The smallest absolute Gasteiger partial charge is 0.338 e. The van der Waals surface area contributed by atoms with Crippen LogP contribution in [0.3, 0.4) is 0 Å². The molecule has 38 heavy (non-hydrogen) atoms. The first-order valence-corrected chi connectivity index (χ1v) is 14.1. The van der Waals surface area contributed by atoms with Crippen molar-refractivity contribution in [2.45, 2.75) is 17.9 Å². The maximum atomic E-state index is 13.9. The number of ether oxygens (including phenoxy) is 2. The summed E-state index contributed by atoms with van der Waals surface area (Å²) < 4.78 is 12.9. The highest BCUT2D eigenvalue weighted by Crippen LogP contribution is 2.35. The number of thioether (sulfide) groups is 1. The molecule has 0 aliphatic carbocycles. The van der Waals surface area contributed by atoms with Crippen LogP contribution in [-0.2, 0) is 9.53 Å². The van der Waals surface area contributed by atoms with E-state index in [1.807, 2.05) is 91.2 Å². The number of hydrogen-bond acceptors (Lipinski definition) is 7. The summed E-state index contributed by atoms with van der Waals surface area (Å²) >= 11 is 2.94. The summed E-state index contributed by atoms with van der Waals surface area (Å²) in [5.41, 5.74) is 3.11. The van der Waals surface area contributed by atoms with E-state index in [2.05, 4.69) is 0 Å². The maximum Gasteiger partial charge on any atom is 0.338 e. The highest BCUT2D eigenvalue weighted by molar-refractivity contribution is 7.98. The molecule has 1 aromatic heterocycles. The fraction of sp³-hybridized carbons (Fsp3) is 0.167. The van der Waals surface area contributed by atoms with Crippen LogP contribution in [0.1, 0.15) is 29.7 Å². The van der Waals surface area contributed by atoms with Gasteiger partial charge in [0.2, 0.25) is 0 Å². The first-order valence-electron chi connectivity index (χ1n) is 12.1. The third-order valence-electron chi connectivity index (χ3n) is 6.22. The standard InChI is InChI=1S/C30H26N2O4S2/c1-4-36-29(34)25-26(20-8-6-5-7-9-20)31-30-32(27(25)21-12-16-23(37-3)17-13-21)28(33)24(38-30)18-19-10-14-22(35-2)15-11-19/h5-18,27H,4H2,1-3H3/b24-18-/t27-/m0/s1. The lowest BCUT2D eigenvalue weighted by Crippen LogP contribution is -2.40. The van der Waals surface area contributed by atoms with Crippen LogP contribution in [-0.4, -0.2) is 30.5 Å². The SMILES string of the molecule is CCOC(=O)C1=C(c2ccccc2)N=c2s/c(=C\c3ccc(OC)cc3)c(=O)n2[C@H]1c1ccc(SC)cc1. The largest absolute Gasteiger partial charge is 0.497 e. The minimum atomic E-state index is -0.686. The zero-order valence-electron chi connectivity index (χ0n) is 21.2. The van der Waals surface area contributed by atoms with Gasteiger partial charge in [0.15, 0.2) is 4.80 Å². The van der Waals surface area contributed by atoms with Crippen molar-refractivity contribution in [3.63, 3.8) is 0 Å². The average molecular weight is 543 g/mol. The van der Waals surface area contributed by atoms with Crippen LogP contribution in [0.5, 0.6) is 5.75 Å². The molecule has 1 aliphatic rings. The molecule has 5 rings (SSSR count). The van der Waals surface area contributed by atoms with Crippen LogP contribution in [0, 0.1) is 0 Å². The number of carbonyl (C=O) groups is 1. The molecule has 0 bridgehead atoms. The van der Waals surface area contributed by atoms with Crippen LogP contribution in [0.15, 0.2) is 99.1 Å². The molecule has 0 unspecified atom stereocenters. The minimum absolute atomic E-state index is 0.211. The quantitative estimate of drug-likeness (QED) is 0.251. The summed E-state index contributed by atoms with van der Waals surface area (Å²) in [6, 6.07) is 24.3. The molecule has 3 aromatic carbocycles. The number of carbonyl (C=O) groups excluding carboxylic acids is 1. The molecule has 0 N–H and O–H groups in total. The molecule has 1 aliphatic heterocycles. The van der Waals surface area contributed by atoms with Gasteiger partial charge in [-0.05, 0) is 54.6 Å². The van der Waals surface area contributed by atoms with Crippen LogP contribution in [0.4, 0.5) is 0 Å². The normalized spacial score (nSPS) is 15.1. The molecule has 8 heteroatoms. The van der Waals surface area contributed by atoms with Crippen LogP contribution < -0.4 is 19.6 Å². The van der Waals surface area contributed by atoms with E-state index >= 15 is 0 Å². The monoisotopic (exact) mass is 542 g/mol. The molecule has 2 heterocycles. The Morgan fingerprint density at radius 3 is 2.39 bits per heavy atom. The van der Waals surface area contributed by atoms with E-state index in [0.29, 0.717) is 20.6 Å². The van der Waals surface area contributed by atoms with E-state index in [4.69, 9.17) is 14.5 Å². The van der Waals surface area contributed by atoms with Crippen molar-refractivity contribution in [3.8, 4) is 5.75 Å². The van der Waals surface area contributed by atoms with Crippen molar-refractivity contribution in [1.82, 2.24) is 4.57 Å². The molecule has 6 nitrogen and oxygen atoms in total. The molecule has 0 radical (unpaired) electrons. The van der Waals surface area contributed by atoms with E-state index in [9.17, 15) is 9.59 Å². The van der Waals surface area contributed by atoms with Gasteiger partial charge in [0, 0.05) is 10.5 Å². The number of fused-ring (bicyclic) bond motifs is 1. The molecule has 0 saturated carbocycles. The molecule has 192 valence electrons. The Morgan fingerprint density at radius 1 is 1.05 bits per heavy atom. The Balaban J connectivity index is 1.79. The van der Waals surface area contributed by atoms with Crippen molar-refractivity contribution >= 4 is 40.8 Å². The summed E-state index contributed by atoms with van der Waals surface area (Å²) in [5, 5.41) is 0. The van der Waals surface area contributed by atoms with Crippen LogP contribution in [0.25, 0.3) is 11.8 Å². The first kappa shape index (κ1) is 25.8. The van der Waals surface area contributed by atoms with Crippen molar-refractivity contribution in [2.75, 3.05) is 20.0 Å². The highest BCUT2D eigenvalue weighted by Gasteiger charge is 2.35. The molecule has 4 aromatic rings. The minimum Gasteiger partial charge on any atom is -0.497 e. The van der Waals surface area contributed by atoms with Gasteiger partial charge in [-0.25, -0.2) is 9.79 Å². The maximum absolute atomic E-state index is 13.9. The van der Waals surface area contributed by atoms with Gasteiger partial charge >= 0.3 is 5.97 Å². The molecule has 0 fully saturated rings. The van der Waals surface area contributed by atoms with E-state index in [1.54, 1.807) is 30.4 Å². The predicted octanol–water partition coefficient (Wildman–Crippen LogP) is 4.67. The van der Waals surface area contributed by atoms with E-state index < -0.39 is 12.0 Å². The third-order valence-corrected chi connectivity index (χ3v) is 7.95. The van der Waals surface area contributed by atoms with Crippen molar-refractivity contribution in [1.29, 1.82) is 0 Å². The lowest BCUT2D eigenvalue weighted by molar-refractivity contribution is -0.138. The number of thiazole rings is 1. The summed E-state index contributed by atoms with van der Waals surface area (Å²) in [5.74, 6) is 0.252. The van der Waals surface area contributed by atoms with Crippen LogP contribution in [0.2, 0.25) is 0 Å². The van der Waals surface area contributed by atoms with E-state index in [-0.39, 0.29) is 12.2 Å². The average Bonchev–Trinajstić information content (AvgIpc) is 3.27. The fourth-order valence-corrected chi connectivity index (χ4v) is 5.80. The van der Waals surface area contributed by atoms with E-state index in [1.165, 1.54) is 11.3 Å². The summed E-state index contributed by atoms with van der Waals surface area (Å²) in [7, 11) is 1.62. The van der Waals surface area contributed by atoms with Crippen molar-refractivity contribution in [3.05, 3.63) is 121 Å². The number of aromatic nitrogens is 1. The third kappa shape index (κ3) is 4.97. The zero-order valence-corrected chi connectivity index (χ0v) is 22.8. The van der Waals surface area contributed by atoms with Gasteiger partial charge in [-0.2, -0.15) is 0 Å². The number of rotatable bonds is 7. The Hall–Kier alpha value is -3.88. The van der Waals surface area contributed by atoms with Gasteiger partial charge in [0.05, 0.1) is 35.6 Å². The van der Waals surface area contributed by atoms with E-state index in [0.717, 1.165) is 27.3 Å². The Bertz CT molecular complexity index is 1670. The first-order chi connectivity index (χ1) is 18.5. The zero-order chi connectivity index (χ0) is 26.6. The van der Waals surface area contributed by atoms with Gasteiger partial charge in [-0.3, -0.25) is 9.36 Å². The van der Waals surface area contributed by atoms with Gasteiger partial charge < -0.3 is 9.47 Å². The Morgan fingerprint density at radius 2 is 1.76 bits per heavy atom. The lowest BCUT2D eigenvalue weighted by atomic mass is 9.93. The van der Waals surface area contributed by atoms with Gasteiger partial charge in [-0.1, -0.05) is 65.9 Å². The second-order valence-corrected chi connectivity index (χ2v) is 10.4. The molecular weight excluding hydrogens is 516 g/mol. The van der Waals surface area contributed by atoms with Gasteiger partial charge in [0.25, 0.3) is 5.56 Å². The second kappa shape index (κ2) is 11.2. The van der Waals surface area contributed by atoms with Gasteiger partial charge in [-0.15, -0.1) is 11.8 Å². The number of nitrogens with zero attached hydrogens (tertiary/aromatic N) is 2. The van der Waals surface area contributed by atoms with Crippen molar-refractivity contribution in [2.24, 2.45) is 4.99 Å². The highest BCUT2D eigenvalue weighted by atomic mass is 32.2. The summed E-state index contributed by atoms with van der Waals surface area (Å²) in [6.45, 7) is 1.98. The summed E-state index contributed by atoms with van der Waals surface area (Å²) in [6.07, 6.45) is 3.85. The molecular formula is C30H26N2O4S2. The second-order valence-electron chi connectivity index (χ2n) is 8.48. The Labute approximate surface area is 228 Å². The predicted molar refractivity (Wildman–Crippen MR) is 152 cm³/mol. The van der Waals surface area contributed by atoms with Gasteiger partial charge in [0.1, 0.15) is 5.75 Å². The molecule has 1 atom stereocenters. The number of benzene rings is 3. The molecule has 0 amide bonds.